The fourth-order valence-corrected chi connectivity index (χ4v) is 20.8. The largest absolute Gasteiger partial charge is 0.456 e. The van der Waals surface area contributed by atoms with Gasteiger partial charge in [0.25, 0.3) is 0 Å². The van der Waals surface area contributed by atoms with Crippen LogP contribution in [0.1, 0.15) is 44.0 Å². The van der Waals surface area contributed by atoms with Crippen LogP contribution in [-0.4, -0.2) is 0 Å². The molecule has 0 unspecified atom stereocenters. The first-order valence-electron chi connectivity index (χ1n) is 57.4. The maximum atomic E-state index is 9.48. The van der Waals surface area contributed by atoms with E-state index < -0.39 is 72.5 Å². The second-order valence-corrected chi connectivity index (χ2v) is 34.9. The third-order valence-corrected chi connectivity index (χ3v) is 27.2. The summed E-state index contributed by atoms with van der Waals surface area (Å²) in [5.41, 5.74) is 18.2. The molecule has 26 aromatic carbocycles. The molecule has 137 heavy (non-hydrogen) atoms. The van der Waals surface area contributed by atoms with Gasteiger partial charge in [-0.25, -0.2) is 0 Å². The van der Waals surface area contributed by atoms with E-state index >= 15 is 0 Å². The summed E-state index contributed by atoms with van der Waals surface area (Å²) >= 11 is 0. The molecular formula is C135H84O2. The fourth-order valence-electron chi connectivity index (χ4n) is 20.8. The molecule has 0 aliphatic heterocycles. The lowest BCUT2D eigenvalue weighted by Gasteiger charge is -2.20. The first-order valence-corrected chi connectivity index (χ1v) is 45.4. The van der Waals surface area contributed by atoms with Crippen molar-refractivity contribution in [2.75, 3.05) is 0 Å². The molecule has 0 saturated heterocycles. The van der Waals surface area contributed by atoms with Gasteiger partial charge in [-0.1, -0.05) is 418 Å². The molecule has 0 fully saturated rings. The van der Waals surface area contributed by atoms with E-state index in [0.717, 1.165) is 132 Å². The van der Waals surface area contributed by atoms with E-state index in [4.69, 9.17) is 25.3 Å². The van der Waals surface area contributed by atoms with Gasteiger partial charge in [-0.3, -0.25) is 0 Å². The molecule has 2 heteroatoms. The molecule has 0 N–H and O–H groups in total. The van der Waals surface area contributed by atoms with Gasteiger partial charge in [0.1, 0.15) is 22.3 Å². The van der Waals surface area contributed by atoms with Crippen LogP contribution in [0.15, 0.2) is 506 Å². The summed E-state index contributed by atoms with van der Waals surface area (Å²) in [7, 11) is 0. The maximum absolute atomic E-state index is 9.48. The van der Waals surface area contributed by atoms with Gasteiger partial charge in [0.15, 0.2) is 0 Å². The summed E-state index contributed by atoms with van der Waals surface area (Å²) in [5, 5.41) is 15.6. The third kappa shape index (κ3) is 13.5. The molecule has 2 aromatic heterocycles. The zero-order valence-corrected chi connectivity index (χ0v) is 73.0. The van der Waals surface area contributed by atoms with E-state index in [1.165, 1.54) is 5.56 Å². The summed E-state index contributed by atoms with van der Waals surface area (Å²) in [6.45, 7) is 0. The van der Waals surface area contributed by atoms with Crippen LogP contribution in [0, 0.1) is 0 Å². The first-order chi connectivity index (χ1) is 77.9. The minimum atomic E-state index is -0.432. The molecule has 1 aliphatic rings. The topological polar surface area (TPSA) is 26.3 Å². The predicted octanol–water partition coefficient (Wildman–Crippen LogP) is 38.1. The Morgan fingerprint density at radius 1 is 0.146 bits per heavy atom. The molecule has 1 aliphatic carbocycles. The van der Waals surface area contributed by atoms with E-state index in [1.807, 2.05) is 297 Å². The highest BCUT2D eigenvalue weighted by Crippen LogP contribution is 2.53. The normalized spacial score (nSPS) is 14.4. The Labute approximate surface area is 825 Å². The number of rotatable bonds is 9. The average molecular weight is 1760 g/mol. The van der Waals surface area contributed by atoms with Gasteiger partial charge in [-0.15, -0.1) is 0 Å². The van der Waals surface area contributed by atoms with Crippen LogP contribution in [0.5, 0.6) is 0 Å². The summed E-state index contributed by atoms with van der Waals surface area (Å²) < 4.78 is 230. The lowest BCUT2D eigenvalue weighted by molar-refractivity contribution is 0.669. The molecule has 2 nitrogen and oxygen atoms in total. The van der Waals surface area contributed by atoms with Crippen molar-refractivity contribution in [3.05, 3.63) is 508 Å². The van der Waals surface area contributed by atoms with Crippen molar-refractivity contribution in [2.45, 2.75) is 6.42 Å². The van der Waals surface area contributed by atoms with Crippen LogP contribution >= 0.6 is 0 Å². The Morgan fingerprint density at radius 2 is 0.416 bits per heavy atom. The lowest BCUT2D eigenvalue weighted by atomic mass is 9.83. The van der Waals surface area contributed by atoms with Crippen LogP contribution in [0.4, 0.5) is 0 Å². The van der Waals surface area contributed by atoms with Crippen LogP contribution in [0.2, 0.25) is 0 Å². The van der Waals surface area contributed by atoms with Crippen molar-refractivity contribution in [1.29, 1.82) is 0 Å². The molecular weight excluding hydrogens is 1650 g/mol. The molecule has 29 rings (SSSR count). The van der Waals surface area contributed by atoms with Gasteiger partial charge in [-0.2, -0.15) is 0 Å². The van der Waals surface area contributed by atoms with Crippen molar-refractivity contribution in [3.63, 3.8) is 0 Å². The first kappa shape index (κ1) is 58.2. The number of furan rings is 2. The molecule has 2 heterocycles. The van der Waals surface area contributed by atoms with E-state index in [0.29, 0.717) is 89.1 Å². The SMILES string of the molecule is [2H]c1c([2H])c([2H])c2c(-c3ccc4oc5cc6ccccc6cc5c4c3)c3c([2H])c([2H])c([2H])c([2H])c3c(-c3ccc4cc(-c5ccccc5)ccc4c3)c2c1[2H].[2H]c1c([2H])c([2H])c2c(-c3ccc4oc5cc6ccccc6cc5c4c3)c3c([2H])c([2H])c([2H])c([2H])c3c(-c3ccc4ccccc4c3)c2c1[2H].[2H]c1c([2H])c([2H])c2c(-c3ccccc3-c3ccc(-c4ccccc4)cc3)c3c([2H])c([2H])c([2H])c([2H])c3c(-c3ccc4c(c3)-c3cc5ccccc5cc3C4)c2c1[2H]. The van der Waals surface area contributed by atoms with E-state index in [1.54, 1.807) is 12.1 Å². The fraction of sp³-hybridized carbons (Fsp3) is 0.00741. The Morgan fingerprint density at radius 3 is 0.854 bits per heavy atom. The predicted molar refractivity (Wildman–Crippen MR) is 584 cm³/mol. The highest BCUT2D eigenvalue weighted by molar-refractivity contribution is 6.27. The lowest BCUT2D eigenvalue weighted by Crippen LogP contribution is -1.93. The number of hydrogen-bond acceptors (Lipinski definition) is 2. The summed E-state index contributed by atoms with van der Waals surface area (Å²) in [6.07, 6.45) is 0.735. The maximum Gasteiger partial charge on any atom is 0.136 e. The molecule has 0 bridgehead atoms. The second kappa shape index (κ2) is 32.6. The second-order valence-electron chi connectivity index (χ2n) is 34.9. The Bertz CT molecular complexity index is 11200. The van der Waals surface area contributed by atoms with Gasteiger partial charge < -0.3 is 8.83 Å². The molecule has 0 atom stereocenters. The van der Waals surface area contributed by atoms with Crippen molar-refractivity contribution in [3.8, 4) is 111 Å². The Kier molecular flexibility index (Phi) is 13.8. The van der Waals surface area contributed by atoms with Crippen molar-refractivity contribution >= 4 is 162 Å². The van der Waals surface area contributed by atoms with Gasteiger partial charge in [0.05, 0.1) is 32.9 Å². The van der Waals surface area contributed by atoms with Crippen molar-refractivity contribution < 1.29 is 41.7 Å². The van der Waals surface area contributed by atoms with Gasteiger partial charge in [-0.05, 0) is 326 Å². The van der Waals surface area contributed by atoms with Gasteiger partial charge in [0, 0.05) is 21.5 Å². The summed E-state index contributed by atoms with van der Waals surface area (Å²) in [4.78, 5) is 0. The highest BCUT2D eigenvalue weighted by atomic mass is 16.3. The zero-order valence-electron chi connectivity index (χ0n) is 97.0. The van der Waals surface area contributed by atoms with E-state index in [2.05, 4.69) is 42.5 Å². The van der Waals surface area contributed by atoms with Crippen molar-refractivity contribution in [2.24, 2.45) is 0 Å². The van der Waals surface area contributed by atoms with Crippen LogP contribution < -0.4 is 0 Å². The monoisotopic (exact) mass is 1760 g/mol. The number of fused-ring (bicyclic) bond motifs is 20. The molecule has 0 radical (unpaired) electrons. The summed E-state index contributed by atoms with van der Waals surface area (Å²) in [6, 6.07) is 106. The van der Waals surface area contributed by atoms with E-state index in [9.17, 15) is 16.4 Å². The quantitative estimate of drug-likeness (QED) is 0.135. The standard InChI is InChI=1S/C49H32.C46H28O.C40H24O/c1-2-12-32(13-3-1)33-22-24-34(25-23-33)40-16-6-7-17-41(40)49-44-20-10-8-18-42(44)48(43-19-9-11-21-45(43)49)38-27-26-37-29-39-28-35-14-4-5-15-36(35)30-47(39)46(37)31-38;1-2-10-29(11-3-1)32-18-19-34-25-35(21-20-33(34)24-32)45-37-14-6-8-16-39(37)46(40-17-9-7-15-38(40)45)36-22-23-43-41(27-36)42-26-30-12-4-5-13-31(30)28-44(42)47-43;1-2-10-26-21-29(18-17-25(26)9-1)39-31-13-5-7-15-33(31)40(34-16-8-6-14-32(34)39)30-19-20-37-35(23-30)36-22-27-11-3-4-12-28(27)24-38(36)41-37/h1-28,30-31H,29H2;1-28H;1-24H/i8D,9D,10D,11D,18D,19D,20D,21D;6D,7D,8D,9D,14D,15D,16D,17D;5D,6D,7D,8D,13D,14D,15D,16D. The number of benzene rings is 26. The van der Waals surface area contributed by atoms with Gasteiger partial charge >= 0.3 is 0 Å². The Balaban J connectivity index is 0.000000117. The van der Waals surface area contributed by atoms with E-state index in [-0.39, 0.29) is 137 Å². The average Bonchev–Trinajstić information content (AvgIpc) is 1.44. The molecule has 28 aromatic rings. The minimum absolute atomic E-state index is 0.177. The van der Waals surface area contributed by atoms with Gasteiger partial charge in [0.2, 0.25) is 0 Å². The van der Waals surface area contributed by atoms with Crippen LogP contribution in [-0.2, 0) is 6.42 Å². The highest BCUT2D eigenvalue weighted by Gasteiger charge is 2.27. The smallest absolute Gasteiger partial charge is 0.136 e. The van der Waals surface area contributed by atoms with Crippen LogP contribution in [0.3, 0.4) is 0 Å². The molecule has 636 valence electrons. The zero-order chi connectivity index (χ0) is 111. The summed E-state index contributed by atoms with van der Waals surface area (Å²) in [5.74, 6) is 0. The molecule has 0 saturated carbocycles. The molecule has 0 spiro atoms. The Hall–Kier alpha value is -17.8. The molecule has 0 amide bonds. The van der Waals surface area contributed by atoms with Crippen LogP contribution in [0.25, 0.3) is 274 Å². The minimum Gasteiger partial charge on any atom is -0.456 e. The number of hydrogen-bond donors (Lipinski definition) is 0. The van der Waals surface area contributed by atoms with Crippen molar-refractivity contribution in [1.82, 2.24) is 0 Å². The third-order valence-electron chi connectivity index (χ3n) is 27.2.